The summed E-state index contributed by atoms with van der Waals surface area (Å²) in [6.07, 6.45) is -1.03. The lowest BCUT2D eigenvalue weighted by Crippen LogP contribution is -2.60. The van der Waals surface area contributed by atoms with Crippen LogP contribution in [0.25, 0.3) is 0 Å². The van der Waals surface area contributed by atoms with E-state index in [-0.39, 0.29) is 31.4 Å². The Balaban J connectivity index is 1.89. The van der Waals surface area contributed by atoms with Crippen molar-refractivity contribution in [3.05, 3.63) is 58.9 Å². The van der Waals surface area contributed by atoms with Crippen molar-refractivity contribution in [1.29, 1.82) is 0 Å². The van der Waals surface area contributed by atoms with Crippen molar-refractivity contribution >= 4 is 35.2 Å². The number of ether oxygens (including phenoxy) is 2. The molecule has 1 fully saturated rings. The van der Waals surface area contributed by atoms with Crippen molar-refractivity contribution in [2.45, 2.75) is 52.9 Å². The van der Waals surface area contributed by atoms with Gasteiger partial charge in [-0.15, -0.1) is 0 Å². The fraction of sp³-hybridized carbons (Fsp3) is 0.423. The molecule has 1 saturated heterocycles. The zero-order valence-electron chi connectivity index (χ0n) is 21.0. The highest BCUT2D eigenvalue weighted by Gasteiger charge is 2.43. The third-order valence-corrected chi connectivity index (χ3v) is 5.96. The number of benzene rings is 2. The van der Waals surface area contributed by atoms with E-state index < -0.39 is 35.3 Å². The molecule has 2 aromatic rings. The third-order valence-electron chi connectivity index (χ3n) is 5.71. The zero-order valence-corrected chi connectivity index (χ0v) is 21.8. The van der Waals surface area contributed by atoms with Gasteiger partial charge in [0.05, 0.1) is 25.0 Å². The second kappa shape index (κ2) is 11.2. The number of hydrogen-bond acceptors (Lipinski definition) is 6. The molecule has 0 radical (unpaired) electrons. The van der Waals surface area contributed by atoms with Crippen LogP contribution in [0.2, 0.25) is 5.02 Å². The molecule has 3 amide bonds. The summed E-state index contributed by atoms with van der Waals surface area (Å²) in [6, 6.07) is 10.8. The molecule has 8 nitrogen and oxygen atoms in total. The quantitative estimate of drug-likeness (QED) is 0.466. The number of carbonyl (C=O) groups is 3. The smallest absolute Gasteiger partial charge is 0.328 e. The molecule has 1 unspecified atom stereocenters. The van der Waals surface area contributed by atoms with E-state index in [1.165, 1.54) is 24.1 Å². The van der Waals surface area contributed by atoms with Gasteiger partial charge in [0.25, 0.3) is 0 Å². The molecule has 1 aliphatic heterocycles. The molecule has 1 N–H and O–H groups in total. The maximum absolute atomic E-state index is 14.6. The number of nitrogens with zero attached hydrogens (tertiary/aromatic N) is 2. The summed E-state index contributed by atoms with van der Waals surface area (Å²) in [5.41, 5.74) is 0.0772. The number of hydrogen-bond donors (Lipinski definition) is 1. The number of carbonyl (C=O) groups excluding carboxylic acids is 3. The predicted octanol–water partition coefficient (Wildman–Crippen LogP) is 5.06. The van der Waals surface area contributed by atoms with E-state index in [2.05, 4.69) is 5.32 Å². The highest BCUT2D eigenvalue weighted by Crippen LogP contribution is 2.29. The number of rotatable bonds is 9. The van der Waals surface area contributed by atoms with Crippen molar-refractivity contribution < 1.29 is 28.2 Å². The van der Waals surface area contributed by atoms with Gasteiger partial charge in [-0.25, -0.2) is 9.18 Å². The molecule has 0 bridgehead atoms. The molecule has 1 atom stereocenters. The van der Waals surface area contributed by atoms with E-state index in [0.717, 1.165) is 10.5 Å². The summed E-state index contributed by atoms with van der Waals surface area (Å²) in [5.74, 6) is -1.44. The Morgan fingerprint density at radius 3 is 2.44 bits per heavy atom. The number of methoxy groups -OCH3 is 1. The Labute approximate surface area is 215 Å². The van der Waals surface area contributed by atoms with Gasteiger partial charge in [-0.1, -0.05) is 23.7 Å². The first-order valence-electron chi connectivity index (χ1n) is 11.6. The van der Waals surface area contributed by atoms with Crippen molar-refractivity contribution in [3.8, 4) is 5.75 Å². The zero-order chi connectivity index (χ0) is 26.6. The number of nitrogens with one attached hydrogen (secondary N) is 1. The van der Waals surface area contributed by atoms with Crippen LogP contribution in [0.4, 0.5) is 14.9 Å². The van der Waals surface area contributed by atoms with E-state index in [9.17, 15) is 18.8 Å². The second-order valence-corrected chi connectivity index (χ2v) is 10.0. The summed E-state index contributed by atoms with van der Waals surface area (Å²) < 4.78 is 24.9. The first-order chi connectivity index (χ1) is 16.9. The number of amides is 3. The lowest BCUT2D eigenvalue weighted by Gasteiger charge is -2.42. The van der Waals surface area contributed by atoms with Crippen LogP contribution in [-0.4, -0.2) is 53.6 Å². The average Bonchev–Trinajstić information content (AvgIpc) is 2.81. The van der Waals surface area contributed by atoms with Crippen LogP contribution in [0.1, 0.15) is 39.7 Å². The Kier molecular flexibility index (Phi) is 8.45. The molecular weight excluding hydrogens is 489 g/mol. The fourth-order valence-corrected chi connectivity index (χ4v) is 4.02. The number of esters is 1. The molecule has 0 saturated carbocycles. The van der Waals surface area contributed by atoms with Crippen LogP contribution in [0.15, 0.2) is 42.5 Å². The monoisotopic (exact) mass is 519 g/mol. The highest BCUT2D eigenvalue weighted by molar-refractivity contribution is 6.30. The summed E-state index contributed by atoms with van der Waals surface area (Å²) in [4.78, 5) is 41.4. The average molecular weight is 520 g/mol. The summed E-state index contributed by atoms with van der Waals surface area (Å²) in [5, 5.41) is 3.66. The summed E-state index contributed by atoms with van der Waals surface area (Å²) in [7, 11) is 1.26. The number of halogens is 2. The van der Waals surface area contributed by atoms with Crippen molar-refractivity contribution in [3.63, 3.8) is 0 Å². The Hall–Kier alpha value is -3.33. The molecule has 0 aromatic heterocycles. The first-order valence-corrected chi connectivity index (χ1v) is 12.0. The van der Waals surface area contributed by atoms with Gasteiger partial charge < -0.3 is 14.8 Å². The molecule has 1 heterocycles. The maximum atomic E-state index is 14.6. The summed E-state index contributed by atoms with van der Waals surface area (Å²) >= 11 is 6.00. The van der Waals surface area contributed by atoms with Crippen molar-refractivity contribution in [2.75, 3.05) is 19.0 Å². The van der Waals surface area contributed by atoms with E-state index in [1.54, 1.807) is 58.0 Å². The minimum Gasteiger partial charge on any atom is -0.488 e. The summed E-state index contributed by atoms with van der Waals surface area (Å²) in [6.45, 7) is 6.83. The Bertz CT molecular complexity index is 1120. The topological polar surface area (TPSA) is 88.2 Å². The molecule has 3 rings (SSSR count). The van der Waals surface area contributed by atoms with E-state index in [0.29, 0.717) is 10.7 Å². The third kappa shape index (κ3) is 6.46. The SMILES string of the molecule is COC(=O)C(C)(C)CN1C(=O)CC(Nc2ccc(OC(C)C)c(F)c2)N(Cc2ccc(Cl)cc2)C1=O. The Morgan fingerprint density at radius 1 is 1.19 bits per heavy atom. The van der Waals surface area contributed by atoms with Gasteiger partial charge >= 0.3 is 12.0 Å². The van der Waals surface area contributed by atoms with Gasteiger partial charge in [0.15, 0.2) is 11.6 Å². The largest absolute Gasteiger partial charge is 0.488 e. The number of imide groups is 1. The Morgan fingerprint density at radius 2 is 1.86 bits per heavy atom. The van der Waals surface area contributed by atoms with E-state index >= 15 is 0 Å². The van der Waals surface area contributed by atoms with Gasteiger partial charge in [-0.2, -0.15) is 0 Å². The van der Waals surface area contributed by atoms with Gasteiger partial charge in [0.2, 0.25) is 5.91 Å². The standard InChI is InChI=1S/C26H31ClFN3O5/c1-16(2)36-21-11-10-19(12-20(21)28)29-22-13-23(32)31(15-26(3,4)24(33)35-5)25(34)30(22)14-17-6-8-18(27)9-7-17/h6-12,16,22,29H,13-15H2,1-5H3. The predicted molar refractivity (Wildman–Crippen MR) is 134 cm³/mol. The van der Waals surface area contributed by atoms with Gasteiger partial charge in [-0.3, -0.25) is 19.4 Å². The van der Waals surface area contributed by atoms with Gasteiger partial charge in [0.1, 0.15) is 6.17 Å². The molecule has 2 aromatic carbocycles. The molecule has 0 spiro atoms. The first kappa shape index (κ1) is 27.3. The van der Waals surface area contributed by atoms with Crippen LogP contribution in [0.5, 0.6) is 5.75 Å². The lowest BCUT2D eigenvalue weighted by atomic mass is 9.92. The molecule has 0 aliphatic carbocycles. The van der Waals surface area contributed by atoms with Gasteiger partial charge in [-0.05, 0) is 57.5 Å². The number of urea groups is 1. The normalized spacial score (nSPS) is 16.4. The van der Waals surface area contributed by atoms with Crippen LogP contribution in [-0.2, 0) is 20.9 Å². The number of anilines is 1. The molecule has 10 heteroatoms. The highest BCUT2D eigenvalue weighted by atomic mass is 35.5. The van der Waals surface area contributed by atoms with E-state index in [1.807, 2.05) is 0 Å². The van der Waals surface area contributed by atoms with Crippen LogP contribution in [0.3, 0.4) is 0 Å². The van der Waals surface area contributed by atoms with Crippen molar-refractivity contribution in [1.82, 2.24) is 9.80 Å². The molecule has 1 aliphatic rings. The minimum atomic E-state index is -1.10. The van der Waals surface area contributed by atoms with Crippen LogP contribution >= 0.6 is 11.6 Å². The molecular formula is C26H31ClFN3O5. The van der Waals surface area contributed by atoms with E-state index in [4.69, 9.17) is 21.1 Å². The van der Waals surface area contributed by atoms with Crippen molar-refractivity contribution in [2.24, 2.45) is 5.41 Å². The lowest BCUT2D eigenvalue weighted by molar-refractivity contribution is -0.152. The van der Waals surface area contributed by atoms with Gasteiger partial charge in [0, 0.05) is 29.9 Å². The maximum Gasteiger partial charge on any atom is 0.328 e. The molecule has 36 heavy (non-hydrogen) atoms. The van der Waals surface area contributed by atoms with Crippen LogP contribution in [0, 0.1) is 11.2 Å². The molecule has 194 valence electrons. The minimum absolute atomic E-state index is 0.0809. The van der Waals surface area contributed by atoms with Crippen LogP contribution < -0.4 is 10.1 Å². The fourth-order valence-electron chi connectivity index (χ4n) is 3.90. The second-order valence-electron chi connectivity index (χ2n) is 9.57.